The van der Waals surface area contributed by atoms with Gasteiger partial charge in [-0.1, -0.05) is 12.2 Å². The summed E-state index contributed by atoms with van der Waals surface area (Å²) in [5, 5.41) is 0. The highest BCUT2D eigenvalue weighted by Crippen LogP contribution is 2.52. The number of hydrogen-bond donors (Lipinski definition) is 0. The maximum Gasteiger partial charge on any atom is 0.338 e. The van der Waals surface area contributed by atoms with Gasteiger partial charge in [0.2, 0.25) is 6.79 Å². The van der Waals surface area contributed by atoms with Gasteiger partial charge < -0.3 is 18.9 Å². The molecule has 0 N–H and O–H groups in total. The first-order valence-electron chi connectivity index (χ1n) is 8.21. The van der Waals surface area contributed by atoms with Crippen molar-refractivity contribution >= 4 is 5.97 Å². The van der Waals surface area contributed by atoms with Gasteiger partial charge in [0.05, 0.1) is 17.1 Å². The van der Waals surface area contributed by atoms with Crippen LogP contribution in [0.2, 0.25) is 0 Å². The van der Waals surface area contributed by atoms with Crippen LogP contribution in [0.4, 0.5) is 0 Å². The summed E-state index contributed by atoms with van der Waals surface area (Å²) in [5.41, 5.74) is 1.21. The van der Waals surface area contributed by atoms with Crippen molar-refractivity contribution in [3.63, 3.8) is 0 Å². The number of benzene rings is 1. The molecule has 0 amide bonds. The zero-order valence-corrected chi connectivity index (χ0v) is 13.7. The Labute approximate surface area is 139 Å². The predicted molar refractivity (Wildman–Crippen MR) is 84.4 cm³/mol. The van der Waals surface area contributed by atoms with E-state index in [-0.39, 0.29) is 36.4 Å². The standard InChI is InChI=1S/C18H19NO5/c1-19-8-16-18(4-3-10(21-2)5-15(18)19)12-7-14-13(22-9-23-14)6-11(12)17(20)24-16/h3-4,6-7,10,15-16H,5,8-9H2,1-2H3. The van der Waals surface area contributed by atoms with E-state index in [2.05, 4.69) is 24.1 Å². The number of methoxy groups -OCH3 is 1. The number of likely N-dealkylation sites (tertiary alicyclic amines) is 1. The highest BCUT2D eigenvalue weighted by atomic mass is 16.7. The van der Waals surface area contributed by atoms with Gasteiger partial charge in [-0.3, -0.25) is 4.90 Å². The van der Waals surface area contributed by atoms with Gasteiger partial charge in [-0.25, -0.2) is 4.79 Å². The molecule has 4 unspecified atom stereocenters. The Morgan fingerprint density at radius 1 is 1.29 bits per heavy atom. The number of nitrogens with zero attached hydrogens (tertiary/aromatic N) is 1. The van der Waals surface area contributed by atoms with Crippen LogP contribution >= 0.6 is 0 Å². The van der Waals surface area contributed by atoms with E-state index in [0.717, 1.165) is 12.0 Å². The molecule has 0 saturated carbocycles. The number of carbonyl (C=O) groups excluding carboxylic acids is 1. The monoisotopic (exact) mass is 329 g/mol. The minimum atomic E-state index is -0.353. The molecule has 0 bridgehead atoms. The molecule has 5 rings (SSSR count). The average molecular weight is 329 g/mol. The lowest BCUT2D eigenvalue weighted by atomic mass is 9.65. The summed E-state index contributed by atoms with van der Waals surface area (Å²) in [6.07, 6.45) is 5.03. The van der Waals surface area contributed by atoms with E-state index < -0.39 is 0 Å². The van der Waals surface area contributed by atoms with Crippen molar-refractivity contribution in [2.24, 2.45) is 0 Å². The summed E-state index contributed by atoms with van der Waals surface area (Å²) in [4.78, 5) is 14.8. The van der Waals surface area contributed by atoms with E-state index in [0.29, 0.717) is 23.6 Å². The largest absolute Gasteiger partial charge is 0.456 e. The number of likely N-dealkylation sites (N-methyl/N-ethyl adjacent to an activating group) is 1. The van der Waals surface area contributed by atoms with Crippen molar-refractivity contribution in [2.45, 2.75) is 30.1 Å². The van der Waals surface area contributed by atoms with Gasteiger partial charge in [0.1, 0.15) is 6.10 Å². The summed E-state index contributed by atoms with van der Waals surface area (Å²) >= 11 is 0. The summed E-state index contributed by atoms with van der Waals surface area (Å²) in [6, 6.07) is 3.94. The number of esters is 1. The van der Waals surface area contributed by atoms with Crippen LogP contribution in [-0.2, 0) is 14.9 Å². The fourth-order valence-corrected chi connectivity index (χ4v) is 4.69. The van der Waals surface area contributed by atoms with Crippen LogP contribution in [0.3, 0.4) is 0 Å². The molecule has 4 atom stereocenters. The quantitative estimate of drug-likeness (QED) is 0.575. The van der Waals surface area contributed by atoms with Crippen molar-refractivity contribution in [1.29, 1.82) is 0 Å². The second-order valence-electron chi connectivity index (χ2n) is 6.90. The van der Waals surface area contributed by atoms with Crippen molar-refractivity contribution < 1.29 is 23.7 Å². The lowest BCUT2D eigenvalue weighted by Gasteiger charge is -2.44. The molecule has 1 aromatic carbocycles. The zero-order valence-electron chi connectivity index (χ0n) is 13.7. The topological polar surface area (TPSA) is 57.2 Å². The molecule has 4 aliphatic rings. The molecule has 6 nitrogen and oxygen atoms in total. The third-order valence-corrected chi connectivity index (χ3v) is 5.86. The fourth-order valence-electron chi connectivity index (χ4n) is 4.69. The number of carbonyl (C=O) groups is 1. The number of ether oxygens (including phenoxy) is 4. The van der Waals surface area contributed by atoms with E-state index in [1.165, 1.54) is 0 Å². The second-order valence-corrected chi connectivity index (χ2v) is 6.90. The average Bonchev–Trinajstić information content (AvgIpc) is 3.16. The summed E-state index contributed by atoms with van der Waals surface area (Å²) in [5.74, 6) is 1.03. The molecule has 0 aromatic heterocycles. The van der Waals surface area contributed by atoms with Crippen molar-refractivity contribution in [3.8, 4) is 11.5 Å². The highest BCUT2D eigenvalue weighted by Gasteiger charge is 2.60. The van der Waals surface area contributed by atoms with Crippen molar-refractivity contribution in [3.05, 3.63) is 35.4 Å². The van der Waals surface area contributed by atoms with E-state index in [1.807, 2.05) is 6.07 Å². The number of hydrogen-bond acceptors (Lipinski definition) is 6. The second kappa shape index (κ2) is 4.74. The van der Waals surface area contributed by atoms with Crippen LogP contribution in [-0.4, -0.2) is 56.6 Å². The molecule has 3 heterocycles. The predicted octanol–water partition coefficient (Wildman–Crippen LogP) is 1.48. The third-order valence-electron chi connectivity index (χ3n) is 5.86. The van der Waals surface area contributed by atoms with Gasteiger partial charge in [0.15, 0.2) is 11.5 Å². The van der Waals surface area contributed by atoms with Crippen LogP contribution in [0.15, 0.2) is 24.3 Å². The molecule has 1 aliphatic carbocycles. The lowest BCUT2D eigenvalue weighted by molar-refractivity contribution is 0.0118. The normalized spacial score (nSPS) is 36.1. The maximum absolute atomic E-state index is 12.5. The van der Waals surface area contributed by atoms with Crippen LogP contribution in [0, 0.1) is 0 Å². The molecule has 126 valence electrons. The smallest absolute Gasteiger partial charge is 0.338 e. The molecule has 1 aromatic rings. The first-order valence-corrected chi connectivity index (χ1v) is 8.21. The first-order chi connectivity index (χ1) is 11.6. The van der Waals surface area contributed by atoms with E-state index in [4.69, 9.17) is 18.9 Å². The van der Waals surface area contributed by atoms with E-state index >= 15 is 0 Å². The summed E-state index contributed by atoms with van der Waals surface area (Å²) in [7, 11) is 3.81. The van der Waals surface area contributed by atoms with Gasteiger partial charge in [0.25, 0.3) is 0 Å². The Morgan fingerprint density at radius 2 is 2.08 bits per heavy atom. The maximum atomic E-state index is 12.5. The Bertz CT molecular complexity index is 760. The van der Waals surface area contributed by atoms with Crippen molar-refractivity contribution in [2.75, 3.05) is 27.5 Å². The first kappa shape index (κ1) is 14.3. The lowest BCUT2D eigenvalue weighted by Crippen LogP contribution is -2.52. The summed E-state index contributed by atoms with van der Waals surface area (Å²) < 4.78 is 22.4. The zero-order chi connectivity index (χ0) is 16.5. The van der Waals surface area contributed by atoms with E-state index in [1.54, 1.807) is 13.2 Å². The molecule has 1 fully saturated rings. The molecule has 6 heteroatoms. The minimum absolute atomic E-state index is 0.0805. The summed E-state index contributed by atoms with van der Waals surface area (Å²) in [6.45, 7) is 0.902. The fraction of sp³-hybridized carbons (Fsp3) is 0.500. The Morgan fingerprint density at radius 3 is 2.88 bits per heavy atom. The molecular formula is C18H19NO5. The number of rotatable bonds is 1. The van der Waals surface area contributed by atoms with Crippen LogP contribution < -0.4 is 9.47 Å². The van der Waals surface area contributed by atoms with Crippen LogP contribution in [0.25, 0.3) is 0 Å². The van der Waals surface area contributed by atoms with E-state index in [9.17, 15) is 4.79 Å². The SMILES string of the molecule is COC1C=CC23c4cc5c(cc4C(=O)OC2CN(C)C3C1)OCO5. The van der Waals surface area contributed by atoms with Gasteiger partial charge in [-0.15, -0.1) is 0 Å². The molecule has 3 aliphatic heterocycles. The molecule has 24 heavy (non-hydrogen) atoms. The van der Waals surface area contributed by atoms with Gasteiger partial charge in [-0.05, 0) is 31.2 Å². The minimum Gasteiger partial charge on any atom is -0.456 e. The van der Waals surface area contributed by atoms with Crippen LogP contribution in [0.5, 0.6) is 11.5 Å². The van der Waals surface area contributed by atoms with Crippen molar-refractivity contribution in [1.82, 2.24) is 4.90 Å². The Hall–Kier alpha value is -2.05. The Kier molecular flexibility index (Phi) is 2.82. The van der Waals surface area contributed by atoms with Gasteiger partial charge in [0, 0.05) is 19.7 Å². The van der Waals surface area contributed by atoms with Gasteiger partial charge >= 0.3 is 5.97 Å². The number of fused-ring (bicyclic) bond motifs is 2. The van der Waals surface area contributed by atoms with Crippen LogP contribution in [0.1, 0.15) is 22.3 Å². The molecular weight excluding hydrogens is 310 g/mol. The van der Waals surface area contributed by atoms with Gasteiger partial charge in [-0.2, -0.15) is 0 Å². The molecule has 1 spiro atoms. The third kappa shape index (κ3) is 1.65. The molecule has 0 radical (unpaired) electrons. The Balaban J connectivity index is 1.74. The highest BCUT2D eigenvalue weighted by molar-refractivity contribution is 5.94. The molecule has 1 saturated heterocycles.